The Morgan fingerprint density at radius 2 is 1.84 bits per heavy atom. The van der Waals surface area contributed by atoms with Crippen molar-refractivity contribution >= 4 is 41.7 Å². The van der Waals surface area contributed by atoms with E-state index in [0.29, 0.717) is 6.54 Å². The number of hydrogen-bond acceptors (Lipinski definition) is 2. The van der Waals surface area contributed by atoms with Gasteiger partial charge in [0, 0.05) is 18.0 Å². The molecule has 0 atom stereocenters. The van der Waals surface area contributed by atoms with Gasteiger partial charge in [-0.1, -0.05) is 12.1 Å². The Bertz CT molecular complexity index is 400. The summed E-state index contributed by atoms with van der Waals surface area (Å²) in [7, 11) is 0. The summed E-state index contributed by atoms with van der Waals surface area (Å²) < 4.78 is 0. The lowest BCUT2D eigenvalue weighted by atomic mass is 10.1. The zero-order valence-corrected chi connectivity index (χ0v) is 15.3. The molecule has 1 aromatic carbocycles. The summed E-state index contributed by atoms with van der Waals surface area (Å²) in [6.45, 7) is 8.75. The number of thioether (sulfide) groups is 1. The van der Waals surface area contributed by atoms with Gasteiger partial charge in [-0.15, -0.1) is 35.7 Å². The van der Waals surface area contributed by atoms with Crippen molar-refractivity contribution < 1.29 is 0 Å². The molecule has 0 aliphatic carbocycles. The first-order valence-corrected chi connectivity index (χ1v) is 7.59. The van der Waals surface area contributed by atoms with Gasteiger partial charge < -0.3 is 10.6 Å². The Hall–Kier alpha value is -0.430. The third kappa shape index (κ3) is 6.51. The lowest BCUT2D eigenvalue weighted by Crippen LogP contribution is -2.36. The summed E-state index contributed by atoms with van der Waals surface area (Å²) in [6, 6.07) is 6.53. The Labute approximate surface area is 138 Å². The Morgan fingerprint density at radius 1 is 1.21 bits per heavy atom. The van der Waals surface area contributed by atoms with Crippen LogP contribution in [0.4, 0.5) is 0 Å². The number of aryl methyl sites for hydroxylation is 1. The number of nitrogens with zero attached hydrogens (tertiary/aromatic N) is 1. The van der Waals surface area contributed by atoms with Crippen molar-refractivity contribution in [3.05, 3.63) is 29.3 Å². The SMILES string of the molecule is CCNC(=NCc1ccc(C)cc1SC)NCC.I. The minimum atomic E-state index is 0. The molecule has 2 N–H and O–H groups in total. The number of benzene rings is 1. The molecule has 5 heteroatoms. The fourth-order valence-corrected chi connectivity index (χ4v) is 2.35. The van der Waals surface area contributed by atoms with Crippen LogP contribution in [-0.2, 0) is 6.54 Å². The first-order chi connectivity index (χ1) is 8.71. The number of aliphatic imine (C=N–C) groups is 1. The van der Waals surface area contributed by atoms with E-state index in [9.17, 15) is 0 Å². The first-order valence-electron chi connectivity index (χ1n) is 6.37. The Balaban J connectivity index is 0.00000324. The van der Waals surface area contributed by atoms with Gasteiger partial charge in [-0.25, -0.2) is 4.99 Å². The molecule has 0 saturated heterocycles. The van der Waals surface area contributed by atoms with Gasteiger partial charge in [0.05, 0.1) is 6.54 Å². The maximum atomic E-state index is 4.59. The van der Waals surface area contributed by atoms with Crippen LogP contribution in [0.25, 0.3) is 0 Å². The van der Waals surface area contributed by atoms with E-state index in [-0.39, 0.29) is 24.0 Å². The molecule has 0 radical (unpaired) electrons. The molecular weight excluding hydrogens is 369 g/mol. The topological polar surface area (TPSA) is 36.4 Å². The van der Waals surface area contributed by atoms with Crippen molar-refractivity contribution in [2.24, 2.45) is 4.99 Å². The van der Waals surface area contributed by atoms with Crippen molar-refractivity contribution in [2.75, 3.05) is 19.3 Å². The second kappa shape index (κ2) is 10.4. The van der Waals surface area contributed by atoms with E-state index in [1.165, 1.54) is 16.0 Å². The van der Waals surface area contributed by atoms with E-state index in [0.717, 1.165) is 19.0 Å². The molecule has 1 aromatic rings. The van der Waals surface area contributed by atoms with Gasteiger partial charge in [-0.05, 0) is 44.2 Å². The average Bonchev–Trinajstić information content (AvgIpc) is 2.37. The number of nitrogens with one attached hydrogen (secondary N) is 2. The molecule has 0 aliphatic heterocycles. The van der Waals surface area contributed by atoms with E-state index < -0.39 is 0 Å². The zero-order chi connectivity index (χ0) is 13.4. The highest BCUT2D eigenvalue weighted by atomic mass is 127. The van der Waals surface area contributed by atoms with Crippen molar-refractivity contribution in [3.8, 4) is 0 Å². The minimum Gasteiger partial charge on any atom is -0.357 e. The lowest BCUT2D eigenvalue weighted by Gasteiger charge is -2.10. The Kier molecular flexibility index (Phi) is 10.1. The Morgan fingerprint density at radius 3 is 2.37 bits per heavy atom. The summed E-state index contributed by atoms with van der Waals surface area (Å²) in [4.78, 5) is 5.90. The van der Waals surface area contributed by atoms with Gasteiger partial charge in [0.25, 0.3) is 0 Å². The van der Waals surface area contributed by atoms with E-state index in [1.807, 2.05) is 0 Å². The van der Waals surface area contributed by atoms with E-state index in [2.05, 4.69) is 60.9 Å². The van der Waals surface area contributed by atoms with Gasteiger partial charge in [0.2, 0.25) is 0 Å². The van der Waals surface area contributed by atoms with Crippen LogP contribution in [0.3, 0.4) is 0 Å². The van der Waals surface area contributed by atoms with Gasteiger partial charge in [0.1, 0.15) is 0 Å². The standard InChI is InChI=1S/C14H23N3S.HI/c1-5-15-14(16-6-2)17-10-12-8-7-11(3)9-13(12)18-4;/h7-9H,5-6,10H2,1-4H3,(H2,15,16,17);1H. The fourth-order valence-electron chi connectivity index (χ4n) is 1.66. The molecule has 0 spiro atoms. The zero-order valence-electron chi connectivity index (χ0n) is 12.1. The van der Waals surface area contributed by atoms with Crippen LogP contribution in [0.5, 0.6) is 0 Å². The van der Waals surface area contributed by atoms with Gasteiger partial charge in [-0.3, -0.25) is 0 Å². The van der Waals surface area contributed by atoms with Crippen LogP contribution in [0, 0.1) is 6.92 Å². The smallest absolute Gasteiger partial charge is 0.191 e. The van der Waals surface area contributed by atoms with Crippen molar-refractivity contribution in [3.63, 3.8) is 0 Å². The second-order valence-corrected chi connectivity index (χ2v) is 4.89. The van der Waals surface area contributed by atoms with Crippen LogP contribution in [-0.4, -0.2) is 25.3 Å². The van der Waals surface area contributed by atoms with Crippen molar-refractivity contribution in [1.29, 1.82) is 0 Å². The summed E-state index contributed by atoms with van der Waals surface area (Å²) in [5, 5.41) is 6.47. The number of rotatable bonds is 5. The highest BCUT2D eigenvalue weighted by molar-refractivity contribution is 14.0. The molecule has 0 bridgehead atoms. The normalized spacial score (nSPS) is 9.47. The summed E-state index contributed by atoms with van der Waals surface area (Å²) in [5.41, 5.74) is 2.58. The first kappa shape index (κ1) is 18.6. The highest BCUT2D eigenvalue weighted by Crippen LogP contribution is 2.22. The van der Waals surface area contributed by atoms with E-state index >= 15 is 0 Å². The summed E-state index contributed by atoms with van der Waals surface area (Å²) in [5.74, 6) is 0.882. The number of hydrogen-bond donors (Lipinski definition) is 2. The maximum absolute atomic E-state index is 4.59. The van der Waals surface area contributed by atoms with Crippen LogP contribution < -0.4 is 10.6 Å². The molecule has 1 rings (SSSR count). The predicted octanol–water partition coefficient (Wildman–Crippen LogP) is 3.41. The molecule has 3 nitrogen and oxygen atoms in total. The predicted molar refractivity (Wildman–Crippen MR) is 96.9 cm³/mol. The molecule has 19 heavy (non-hydrogen) atoms. The molecule has 0 amide bonds. The van der Waals surface area contributed by atoms with E-state index in [4.69, 9.17) is 0 Å². The van der Waals surface area contributed by atoms with Gasteiger partial charge in [0.15, 0.2) is 5.96 Å². The largest absolute Gasteiger partial charge is 0.357 e. The molecule has 0 saturated carbocycles. The highest BCUT2D eigenvalue weighted by Gasteiger charge is 2.02. The molecule has 0 unspecified atom stereocenters. The maximum Gasteiger partial charge on any atom is 0.191 e. The summed E-state index contributed by atoms with van der Waals surface area (Å²) in [6.07, 6.45) is 2.11. The van der Waals surface area contributed by atoms with Gasteiger partial charge >= 0.3 is 0 Å². The summed E-state index contributed by atoms with van der Waals surface area (Å²) >= 11 is 1.78. The fraction of sp³-hybridized carbons (Fsp3) is 0.500. The van der Waals surface area contributed by atoms with Crippen molar-refractivity contribution in [2.45, 2.75) is 32.2 Å². The molecule has 0 heterocycles. The average molecular weight is 393 g/mol. The van der Waals surface area contributed by atoms with E-state index in [1.54, 1.807) is 11.8 Å². The molecule has 0 aromatic heterocycles. The van der Waals surface area contributed by atoms with Crippen LogP contribution in [0.1, 0.15) is 25.0 Å². The van der Waals surface area contributed by atoms with Crippen LogP contribution >= 0.6 is 35.7 Å². The minimum absolute atomic E-state index is 0. The monoisotopic (exact) mass is 393 g/mol. The van der Waals surface area contributed by atoms with Crippen LogP contribution in [0.15, 0.2) is 28.1 Å². The molecule has 0 aliphatic rings. The van der Waals surface area contributed by atoms with Gasteiger partial charge in [-0.2, -0.15) is 0 Å². The quantitative estimate of drug-likeness (QED) is 0.348. The third-order valence-corrected chi connectivity index (χ3v) is 3.36. The lowest BCUT2D eigenvalue weighted by molar-refractivity contribution is 0.836. The molecule has 108 valence electrons. The van der Waals surface area contributed by atoms with Crippen molar-refractivity contribution in [1.82, 2.24) is 10.6 Å². The van der Waals surface area contributed by atoms with Crippen LogP contribution in [0.2, 0.25) is 0 Å². The second-order valence-electron chi connectivity index (χ2n) is 4.04. The molecular formula is C14H24IN3S. The third-order valence-electron chi connectivity index (χ3n) is 2.54. The number of guanidine groups is 1. The molecule has 0 fully saturated rings. The number of halogens is 1.